The first-order chi connectivity index (χ1) is 7.00. The van der Waals surface area contributed by atoms with Gasteiger partial charge in [-0.3, -0.25) is 4.79 Å². The molecule has 0 aromatic heterocycles. The molecule has 5 heteroatoms. The van der Waals surface area contributed by atoms with E-state index in [1.54, 1.807) is 0 Å². The van der Waals surface area contributed by atoms with Crippen molar-refractivity contribution in [1.82, 2.24) is 0 Å². The maximum atomic E-state index is 12.8. The molecule has 1 rings (SSSR count). The Bertz CT molecular complexity index is 440. The predicted octanol–water partition coefficient (Wildman–Crippen LogP) is 2.30. The fourth-order valence-electron chi connectivity index (χ4n) is 0.923. The highest BCUT2D eigenvalue weighted by Crippen LogP contribution is 2.17. The lowest BCUT2D eigenvalue weighted by molar-refractivity contribution is -0.131. The largest absolute Gasteiger partial charge is 0.478 e. The molecule has 0 fully saturated rings. The van der Waals surface area contributed by atoms with E-state index in [1.807, 2.05) is 0 Å². The third-order valence-electron chi connectivity index (χ3n) is 1.57. The van der Waals surface area contributed by atoms with Gasteiger partial charge in [-0.2, -0.15) is 0 Å². The molecule has 0 spiro atoms. The Morgan fingerprint density at radius 1 is 1.33 bits per heavy atom. The Morgan fingerprint density at radius 2 is 2.00 bits per heavy atom. The van der Waals surface area contributed by atoms with E-state index in [0.29, 0.717) is 6.08 Å². The number of hydrogen-bond acceptors (Lipinski definition) is 2. The summed E-state index contributed by atoms with van der Waals surface area (Å²) in [6.07, 6.45) is 1.49. The molecule has 0 aliphatic rings. The molecule has 78 valence electrons. The number of benzene rings is 1. The van der Waals surface area contributed by atoms with Gasteiger partial charge in [0, 0.05) is 11.6 Å². The summed E-state index contributed by atoms with van der Waals surface area (Å²) in [5.74, 6) is -2.51. The van der Waals surface area contributed by atoms with E-state index < -0.39 is 17.6 Å². The van der Waals surface area contributed by atoms with Gasteiger partial charge in [0.15, 0.2) is 5.78 Å². The van der Waals surface area contributed by atoms with Gasteiger partial charge in [0.25, 0.3) is 0 Å². The van der Waals surface area contributed by atoms with Crippen LogP contribution in [0.5, 0.6) is 0 Å². The van der Waals surface area contributed by atoms with E-state index in [9.17, 15) is 14.0 Å². The van der Waals surface area contributed by atoms with Crippen LogP contribution in [0, 0.1) is 5.82 Å². The Morgan fingerprint density at radius 3 is 2.60 bits per heavy atom. The SMILES string of the molecule is O=C(O)/C=C/C(=O)c1cc(F)ccc1Cl. The smallest absolute Gasteiger partial charge is 0.328 e. The van der Waals surface area contributed by atoms with Crippen LogP contribution in [-0.4, -0.2) is 16.9 Å². The zero-order valence-electron chi connectivity index (χ0n) is 7.41. The van der Waals surface area contributed by atoms with Crippen LogP contribution in [0.1, 0.15) is 10.4 Å². The number of allylic oxidation sites excluding steroid dienone is 1. The van der Waals surface area contributed by atoms with E-state index in [-0.39, 0.29) is 10.6 Å². The molecule has 1 aromatic carbocycles. The summed E-state index contributed by atoms with van der Waals surface area (Å²) in [5, 5.41) is 8.37. The number of carboxylic acid groups (broad SMARTS) is 1. The average molecular weight is 229 g/mol. The van der Waals surface area contributed by atoms with Gasteiger partial charge >= 0.3 is 5.97 Å². The van der Waals surface area contributed by atoms with Gasteiger partial charge in [-0.25, -0.2) is 9.18 Å². The van der Waals surface area contributed by atoms with E-state index in [4.69, 9.17) is 16.7 Å². The van der Waals surface area contributed by atoms with Gasteiger partial charge in [-0.1, -0.05) is 11.6 Å². The minimum Gasteiger partial charge on any atom is -0.478 e. The molecule has 0 aliphatic carbocycles. The topological polar surface area (TPSA) is 54.4 Å². The van der Waals surface area contributed by atoms with Crippen LogP contribution in [-0.2, 0) is 4.79 Å². The molecule has 0 heterocycles. The Hall–Kier alpha value is -1.68. The molecular formula is C10H6ClFO3. The average Bonchev–Trinajstić information content (AvgIpc) is 2.18. The molecule has 0 saturated heterocycles. The molecular weight excluding hydrogens is 223 g/mol. The number of carboxylic acids is 1. The molecule has 1 aromatic rings. The number of halogens is 2. The summed E-state index contributed by atoms with van der Waals surface area (Å²) < 4.78 is 12.8. The number of ketones is 1. The molecule has 15 heavy (non-hydrogen) atoms. The maximum Gasteiger partial charge on any atom is 0.328 e. The second-order valence-electron chi connectivity index (χ2n) is 2.66. The minimum absolute atomic E-state index is 0.0610. The van der Waals surface area contributed by atoms with Gasteiger partial charge in [-0.15, -0.1) is 0 Å². The molecule has 0 atom stereocenters. The second kappa shape index (κ2) is 4.70. The van der Waals surface area contributed by atoms with Crippen molar-refractivity contribution in [2.24, 2.45) is 0 Å². The Labute approximate surface area is 89.8 Å². The second-order valence-corrected chi connectivity index (χ2v) is 3.07. The lowest BCUT2D eigenvalue weighted by Gasteiger charge is -1.98. The van der Waals surface area contributed by atoms with Crippen LogP contribution in [0.15, 0.2) is 30.4 Å². The van der Waals surface area contributed by atoms with Gasteiger partial charge in [0.2, 0.25) is 0 Å². The van der Waals surface area contributed by atoms with E-state index in [1.165, 1.54) is 6.07 Å². The van der Waals surface area contributed by atoms with E-state index in [0.717, 1.165) is 18.2 Å². The highest BCUT2D eigenvalue weighted by molar-refractivity contribution is 6.34. The molecule has 1 N–H and O–H groups in total. The van der Waals surface area contributed by atoms with Crippen LogP contribution < -0.4 is 0 Å². The Kier molecular flexibility index (Phi) is 3.57. The molecule has 0 amide bonds. The molecule has 0 unspecified atom stereocenters. The monoisotopic (exact) mass is 228 g/mol. The van der Waals surface area contributed by atoms with Crippen LogP contribution in [0.2, 0.25) is 5.02 Å². The summed E-state index contributed by atoms with van der Waals surface area (Å²) in [7, 11) is 0. The Balaban J connectivity index is 3.01. The molecule has 0 radical (unpaired) electrons. The molecule has 0 aliphatic heterocycles. The summed E-state index contributed by atoms with van der Waals surface area (Å²) in [6.45, 7) is 0. The number of carbonyl (C=O) groups is 2. The number of aliphatic carboxylic acids is 1. The highest BCUT2D eigenvalue weighted by atomic mass is 35.5. The van der Waals surface area contributed by atoms with Crippen LogP contribution in [0.25, 0.3) is 0 Å². The van der Waals surface area contributed by atoms with Crippen LogP contribution in [0.3, 0.4) is 0 Å². The first-order valence-electron chi connectivity index (χ1n) is 3.91. The maximum absolute atomic E-state index is 12.8. The number of rotatable bonds is 3. The molecule has 0 bridgehead atoms. The first kappa shape index (κ1) is 11.4. The van der Waals surface area contributed by atoms with E-state index in [2.05, 4.69) is 0 Å². The molecule has 3 nitrogen and oxygen atoms in total. The fourth-order valence-corrected chi connectivity index (χ4v) is 1.13. The summed E-state index contributed by atoms with van der Waals surface area (Å²) >= 11 is 5.64. The number of carbonyl (C=O) groups excluding carboxylic acids is 1. The normalized spacial score (nSPS) is 10.5. The van der Waals surface area contributed by atoms with Crippen molar-refractivity contribution in [3.63, 3.8) is 0 Å². The van der Waals surface area contributed by atoms with Crippen molar-refractivity contribution in [1.29, 1.82) is 0 Å². The van der Waals surface area contributed by atoms with Crippen molar-refractivity contribution in [2.45, 2.75) is 0 Å². The lowest BCUT2D eigenvalue weighted by atomic mass is 10.1. The lowest BCUT2D eigenvalue weighted by Crippen LogP contribution is -1.98. The van der Waals surface area contributed by atoms with Crippen molar-refractivity contribution in [2.75, 3.05) is 0 Å². The van der Waals surface area contributed by atoms with Gasteiger partial charge in [0.1, 0.15) is 5.82 Å². The third-order valence-corrected chi connectivity index (χ3v) is 1.90. The van der Waals surface area contributed by atoms with Crippen LogP contribution >= 0.6 is 11.6 Å². The summed E-state index contributed by atoms with van der Waals surface area (Å²) in [4.78, 5) is 21.5. The quantitative estimate of drug-likeness (QED) is 0.638. The van der Waals surface area contributed by atoms with Crippen molar-refractivity contribution in [3.8, 4) is 0 Å². The third kappa shape index (κ3) is 3.18. The fraction of sp³-hybridized carbons (Fsp3) is 0. The zero-order valence-corrected chi connectivity index (χ0v) is 8.16. The standard InChI is InChI=1S/C10H6ClFO3/c11-8-2-1-6(12)5-7(8)9(13)3-4-10(14)15/h1-5H,(H,14,15)/b4-3+. The highest BCUT2D eigenvalue weighted by Gasteiger charge is 2.08. The summed E-state index contributed by atoms with van der Waals surface area (Å²) in [5.41, 5.74) is -0.0610. The van der Waals surface area contributed by atoms with E-state index >= 15 is 0 Å². The van der Waals surface area contributed by atoms with Crippen molar-refractivity contribution >= 4 is 23.4 Å². The minimum atomic E-state index is -1.25. The first-order valence-corrected chi connectivity index (χ1v) is 4.29. The number of hydrogen-bond donors (Lipinski definition) is 1. The predicted molar refractivity (Wildman–Crippen MR) is 52.5 cm³/mol. The van der Waals surface area contributed by atoms with Crippen molar-refractivity contribution < 1.29 is 19.1 Å². The zero-order chi connectivity index (χ0) is 11.4. The van der Waals surface area contributed by atoms with Crippen molar-refractivity contribution in [3.05, 3.63) is 46.8 Å². The van der Waals surface area contributed by atoms with Crippen LogP contribution in [0.4, 0.5) is 4.39 Å². The van der Waals surface area contributed by atoms with Gasteiger partial charge in [-0.05, 0) is 24.3 Å². The van der Waals surface area contributed by atoms with Gasteiger partial charge < -0.3 is 5.11 Å². The van der Waals surface area contributed by atoms with Gasteiger partial charge in [0.05, 0.1) is 5.02 Å². The summed E-state index contributed by atoms with van der Waals surface area (Å²) in [6, 6.07) is 3.30. The molecule has 0 saturated carbocycles.